The number of furan rings is 1. The zero-order chi connectivity index (χ0) is 11.5. The predicted molar refractivity (Wildman–Crippen MR) is 59.9 cm³/mol. The van der Waals surface area contributed by atoms with Crippen LogP contribution in [0.2, 0.25) is 0 Å². The lowest BCUT2D eigenvalue weighted by Gasteiger charge is -2.22. The summed E-state index contributed by atoms with van der Waals surface area (Å²) in [5.74, 6) is -0.429. The summed E-state index contributed by atoms with van der Waals surface area (Å²) in [6.07, 6.45) is 2.97. The standard InChI is InChI=1S/C10H11BrN2O3/c11-8-6(3-5-16-8)9(14)13-7-2-1-4-12-10(7)15/h3,5,7H,1-2,4H2,(H,12,15)(H,13,14). The SMILES string of the molecule is O=C(NC1CCCNC1=O)c1ccoc1Br. The Morgan fingerprint density at radius 2 is 2.44 bits per heavy atom. The Balaban J connectivity index is 2.02. The van der Waals surface area contributed by atoms with E-state index in [-0.39, 0.29) is 11.8 Å². The topological polar surface area (TPSA) is 71.3 Å². The van der Waals surface area contributed by atoms with Crippen LogP contribution in [-0.2, 0) is 4.79 Å². The van der Waals surface area contributed by atoms with Gasteiger partial charge in [0, 0.05) is 6.54 Å². The summed E-state index contributed by atoms with van der Waals surface area (Å²) in [7, 11) is 0. The lowest BCUT2D eigenvalue weighted by Crippen LogP contribution is -2.50. The van der Waals surface area contributed by atoms with Gasteiger partial charge in [-0.1, -0.05) is 0 Å². The Morgan fingerprint density at radius 3 is 3.06 bits per heavy atom. The van der Waals surface area contributed by atoms with Crippen LogP contribution in [0.3, 0.4) is 0 Å². The molecule has 1 aliphatic heterocycles. The third-order valence-corrected chi connectivity index (χ3v) is 3.07. The van der Waals surface area contributed by atoms with E-state index in [1.165, 1.54) is 6.26 Å². The molecule has 0 spiro atoms. The number of hydrogen-bond donors (Lipinski definition) is 2. The molecule has 5 nitrogen and oxygen atoms in total. The minimum absolute atomic E-state index is 0.126. The molecular formula is C10H11BrN2O3. The van der Waals surface area contributed by atoms with E-state index in [4.69, 9.17) is 4.42 Å². The fraction of sp³-hybridized carbons (Fsp3) is 0.400. The Morgan fingerprint density at radius 1 is 1.62 bits per heavy atom. The number of carbonyl (C=O) groups excluding carboxylic acids is 2. The number of piperidine rings is 1. The summed E-state index contributed by atoms with van der Waals surface area (Å²) >= 11 is 3.12. The predicted octanol–water partition coefficient (Wildman–Crippen LogP) is 1.05. The summed E-state index contributed by atoms with van der Waals surface area (Å²) in [5.41, 5.74) is 0.401. The van der Waals surface area contributed by atoms with Crippen LogP contribution in [0.1, 0.15) is 23.2 Å². The van der Waals surface area contributed by atoms with Crippen LogP contribution in [0, 0.1) is 0 Å². The van der Waals surface area contributed by atoms with Gasteiger partial charge in [0.2, 0.25) is 5.91 Å². The van der Waals surface area contributed by atoms with E-state index in [9.17, 15) is 9.59 Å². The lowest BCUT2D eigenvalue weighted by atomic mass is 10.1. The van der Waals surface area contributed by atoms with Crippen molar-refractivity contribution in [3.05, 3.63) is 22.6 Å². The maximum absolute atomic E-state index is 11.8. The van der Waals surface area contributed by atoms with Crippen LogP contribution < -0.4 is 10.6 Å². The Labute approximate surface area is 101 Å². The molecule has 0 radical (unpaired) electrons. The molecule has 16 heavy (non-hydrogen) atoms. The van der Waals surface area contributed by atoms with Crippen LogP contribution >= 0.6 is 15.9 Å². The van der Waals surface area contributed by atoms with Gasteiger partial charge in [0.15, 0.2) is 4.67 Å². The van der Waals surface area contributed by atoms with E-state index in [1.54, 1.807) is 6.07 Å². The first-order valence-corrected chi connectivity index (χ1v) is 5.79. The highest BCUT2D eigenvalue weighted by molar-refractivity contribution is 9.10. The van der Waals surface area contributed by atoms with Crippen molar-refractivity contribution in [3.8, 4) is 0 Å². The highest BCUT2D eigenvalue weighted by Crippen LogP contribution is 2.17. The summed E-state index contributed by atoms with van der Waals surface area (Å²) in [5, 5.41) is 5.38. The van der Waals surface area contributed by atoms with Crippen molar-refractivity contribution in [3.63, 3.8) is 0 Å². The van der Waals surface area contributed by atoms with Crippen molar-refractivity contribution in [1.82, 2.24) is 10.6 Å². The zero-order valence-corrected chi connectivity index (χ0v) is 10.0. The molecule has 1 fully saturated rings. The van der Waals surface area contributed by atoms with Crippen molar-refractivity contribution in [2.24, 2.45) is 0 Å². The Hall–Kier alpha value is -1.30. The first-order valence-electron chi connectivity index (χ1n) is 5.00. The monoisotopic (exact) mass is 286 g/mol. The fourth-order valence-corrected chi connectivity index (χ4v) is 2.02. The number of amides is 2. The third kappa shape index (κ3) is 2.27. The number of rotatable bonds is 2. The average molecular weight is 287 g/mol. The summed E-state index contributed by atoms with van der Waals surface area (Å²) < 4.78 is 5.33. The van der Waals surface area contributed by atoms with E-state index in [2.05, 4.69) is 26.6 Å². The molecule has 0 aromatic carbocycles. The molecule has 2 amide bonds. The number of nitrogens with one attached hydrogen (secondary N) is 2. The van der Waals surface area contributed by atoms with E-state index < -0.39 is 6.04 Å². The van der Waals surface area contributed by atoms with Gasteiger partial charge >= 0.3 is 0 Å². The smallest absolute Gasteiger partial charge is 0.256 e. The second-order valence-corrected chi connectivity index (χ2v) is 4.29. The van der Waals surface area contributed by atoms with E-state index in [1.807, 2.05) is 0 Å². The molecule has 86 valence electrons. The molecule has 1 atom stereocenters. The minimum atomic E-state index is -0.442. The molecule has 6 heteroatoms. The van der Waals surface area contributed by atoms with Crippen molar-refractivity contribution < 1.29 is 14.0 Å². The van der Waals surface area contributed by atoms with Gasteiger partial charge < -0.3 is 15.1 Å². The molecule has 2 rings (SSSR count). The maximum Gasteiger partial charge on any atom is 0.256 e. The molecule has 1 aromatic heterocycles. The number of hydrogen-bond acceptors (Lipinski definition) is 3. The molecule has 1 aromatic rings. The van der Waals surface area contributed by atoms with Gasteiger partial charge in [0.25, 0.3) is 5.91 Å². The molecule has 2 N–H and O–H groups in total. The van der Waals surface area contributed by atoms with Crippen LogP contribution in [0.5, 0.6) is 0 Å². The summed E-state index contributed by atoms with van der Waals surface area (Å²) in [6, 6.07) is 1.11. The van der Waals surface area contributed by atoms with Gasteiger partial charge in [-0.25, -0.2) is 0 Å². The van der Waals surface area contributed by atoms with Crippen LogP contribution in [-0.4, -0.2) is 24.4 Å². The second-order valence-electron chi connectivity index (χ2n) is 3.57. The zero-order valence-electron chi connectivity index (χ0n) is 8.46. The lowest BCUT2D eigenvalue weighted by molar-refractivity contribution is -0.124. The molecule has 0 aliphatic carbocycles. The molecule has 0 bridgehead atoms. The Bertz CT molecular complexity index is 416. The highest BCUT2D eigenvalue weighted by Gasteiger charge is 2.25. The van der Waals surface area contributed by atoms with E-state index >= 15 is 0 Å². The maximum atomic E-state index is 11.8. The third-order valence-electron chi connectivity index (χ3n) is 2.45. The number of carbonyl (C=O) groups is 2. The first-order chi connectivity index (χ1) is 7.68. The molecule has 1 aliphatic rings. The van der Waals surface area contributed by atoms with Crippen LogP contribution in [0.15, 0.2) is 21.4 Å². The Kier molecular flexibility index (Phi) is 3.28. The van der Waals surface area contributed by atoms with Crippen molar-refractivity contribution >= 4 is 27.7 Å². The largest absolute Gasteiger partial charge is 0.457 e. The van der Waals surface area contributed by atoms with Gasteiger partial charge in [-0.15, -0.1) is 0 Å². The number of halogens is 1. The van der Waals surface area contributed by atoms with Crippen molar-refractivity contribution in [1.29, 1.82) is 0 Å². The van der Waals surface area contributed by atoms with Gasteiger partial charge in [-0.05, 0) is 34.8 Å². The summed E-state index contributed by atoms with van der Waals surface area (Å²) in [4.78, 5) is 23.2. The first kappa shape index (κ1) is 11.2. The highest BCUT2D eigenvalue weighted by atomic mass is 79.9. The molecule has 1 unspecified atom stereocenters. The van der Waals surface area contributed by atoms with Crippen molar-refractivity contribution in [2.75, 3.05) is 6.54 Å². The minimum Gasteiger partial charge on any atom is -0.457 e. The van der Waals surface area contributed by atoms with Gasteiger partial charge in [0.05, 0.1) is 11.8 Å². The normalized spacial score (nSPS) is 20.3. The quantitative estimate of drug-likeness (QED) is 0.854. The van der Waals surface area contributed by atoms with Gasteiger partial charge in [-0.3, -0.25) is 9.59 Å². The molecular weight excluding hydrogens is 276 g/mol. The molecule has 2 heterocycles. The van der Waals surface area contributed by atoms with E-state index in [0.29, 0.717) is 23.2 Å². The average Bonchev–Trinajstić information content (AvgIpc) is 2.68. The van der Waals surface area contributed by atoms with E-state index in [0.717, 1.165) is 6.42 Å². The van der Waals surface area contributed by atoms with Crippen molar-refractivity contribution in [2.45, 2.75) is 18.9 Å². The summed E-state index contributed by atoms with van der Waals surface area (Å²) in [6.45, 7) is 0.681. The van der Waals surface area contributed by atoms with Crippen LogP contribution in [0.25, 0.3) is 0 Å². The fourth-order valence-electron chi connectivity index (χ4n) is 1.60. The molecule has 1 saturated heterocycles. The second kappa shape index (κ2) is 4.69. The molecule has 0 saturated carbocycles. The van der Waals surface area contributed by atoms with Crippen LogP contribution in [0.4, 0.5) is 0 Å². The van der Waals surface area contributed by atoms with Gasteiger partial charge in [-0.2, -0.15) is 0 Å². The van der Waals surface area contributed by atoms with Gasteiger partial charge in [0.1, 0.15) is 6.04 Å².